The molecule has 6 nitrogen and oxygen atoms in total. The molecule has 2 N–H and O–H groups in total. The number of urea groups is 1. The number of amides is 3. The Hall–Kier alpha value is -2.24. The van der Waals surface area contributed by atoms with Crippen LogP contribution in [0, 0.1) is 13.8 Å². The fourth-order valence-corrected chi connectivity index (χ4v) is 2.26. The number of aryl methyl sites for hydroxylation is 2. The van der Waals surface area contributed by atoms with Crippen molar-refractivity contribution in [2.24, 2.45) is 0 Å². The van der Waals surface area contributed by atoms with Crippen molar-refractivity contribution in [2.45, 2.75) is 26.9 Å². The van der Waals surface area contributed by atoms with Crippen molar-refractivity contribution in [1.29, 1.82) is 0 Å². The van der Waals surface area contributed by atoms with Gasteiger partial charge in [0.2, 0.25) is 0 Å². The SMILES string of the molecule is Cc1ccc(C)c(OC(C)C(=O)NCCN2CCNC2=O)c1. The number of rotatable bonds is 6. The standard InChI is InChI=1S/C16H23N3O3/c1-11-4-5-12(2)14(10-11)22-13(3)15(20)17-6-8-19-9-7-18-16(19)21/h4-5,10,13H,6-9H2,1-3H3,(H,17,20)(H,18,21). The predicted molar refractivity (Wildman–Crippen MR) is 84.0 cm³/mol. The lowest BCUT2D eigenvalue weighted by Gasteiger charge is -2.18. The van der Waals surface area contributed by atoms with Gasteiger partial charge in [-0.25, -0.2) is 4.79 Å². The molecule has 3 amide bonds. The van der Waals surface area contributed by atoms with E-state index in [0.29, 0.717) is 26.2 Å². The largest absolute Gasteiger partial charge is 0.481 e. The van der Waals surface area contributed by atoms with Crippen molar-refractivity contribution in [3.63, 3.8) is 0 Å². The second kappa shape index (κ2) is 7.15. The highest BCUT2D eigenvalue weighted by molar-refractivity contribution is 5.81. The summed E-state index contributed by atoms with van der Waals surface area (Å²) in [5, 5.41) is 5.52. The molecule has 1 saturated heterocycles. The van der Waals surface area contributed by atoms with Crippen molar-refractivity contribution >= 4 is 11.9 Å². The molecule has 1 aliphatic rings. The van der Waals surface area contributed by atoms with Crippen molar-refractivity contribution in [1.82, 2.24) is 15.5 Å². The van der Waals surface area contributed by atoms with Crippen molar-refractivity contribution in [2.75, 3.05) is 26.2 Å². The Morgan fingerprint density at radius 3 is 2.91 bits per heavy atom. The molecular formula is C16H23N3O3. The van der Waals surface area contributed by atoms with Gasteiger partial charge in [-0.15, -0.1) is 0 Å². The summed E-state index contributed by atoms with van der Waals surface area (Å²) in [6.07, 6.45) is -0.576. The topological polar surface area (TPSA) is 70.7 Å². The van der Waals surface area contributed by atoms with Gasteiger partial charge < -0.3 is 20.3 Å². The normalized spacial score (nSPS) is 15.4. The predicted octanol–water partition coefficient (Wildman–Crippen LogP) is 1.21. The van der Waals surface area contributed by atoms with Crippen LogP contribution in [0.4, 0.5) is 4.79 Å². The number of carbonyl (C=O) groups is 2. The number of carbonyl (C=O) groups excluding carboxylic acids is 2. The molecule has 0 bridgehead atoms. The Labute approximate surface area is 130 Å². The Morgan fingerprint density at radius 1 is 1.45 bits per heavy atom. The van der Waals surface area contributed by atoms with E-state index in [-0.39, 0.29) is 11.9 Å². The van der Waals surface area contributed by atoms with Crippen molar-refractivity contribution < 1.29 is 14.3 Å². The van der Waals surface area contributed by atoms with Crippen LogP contribution >= 0.6 is 0 Å². The molecule has 1 atom stereocenters. The van der Waals surface area contributed by atoms with Gasteiger partial charge >= 0.3 is 6.03 Å². The lowest BCUT2D eigenvalue weighted by atomic mass is 10.1. The lowest BCUT2D eigenvalue weighted by molar-refractivity contribution is -0.127. The smallest absolute Gasteiger partial charge is 0.317 e. The molecule has 1 heterocycles. The number of nitrogens with one attached hydrogen (secondary N) is 2. The first-order chi connectivity index (χ1) is 10.5. The van der Waals surface area contributed by atoms with E-state index in [1.54, 1.807) is 11.8 Å². The molecule has 0 aliphatic carbocycles. The maximum absolute atomic E-state index is 12.0. The quantitative estimate of drug-likeness (QED) is 0.830. The van der Waals surface area contributed by atoms with Crippen LogP contribution < -0.4 is 15.4 Å². The summed E-state index contributed by atoms with van der Waals surface area (Å²) < 4.78 is 5.73. The van der Waals surface area contributed by atoms with Gasteiger partial charge in [0.15, 0.2) is 6.10 Å². The molecule has 2 rings (SSSR count). The third-order valence-electron chi connectivity index (χ3n) is 3.64. The highest BCUT2D eigenvalue weighted by Crippen LogP contribution is 2.20. The molecule has 1 fully saturated rings. The molecule has 6 heteroatoms. The van der Waals surface area contributed by atoms with Crippen molar-refractivity contribution in [3.05, 3.63) is 29.3 Å². The average molecular weight is 305 g/mol. The van der Waals surface area contributed by atoms with Crippen LogP contribution in [0.25, 0.3) is 0 Å². The number of hydrogen-bond acceptors (Lipinski definition) is 3. The number of benzene rings is 1. The summed E-state index contributed by atoms with van der Waals surface area (Å²) in [5.41, 5.74) is 2.09. The van der Waals surface area contributed by atoms with Gasteiger partial charge in [-0.05, 0) is 38.0 Å². The minimum atomic E-state index is -0.576. The summed E-state index contributed by atoms with van der Waals surface area (Å²) in [6, 6.07) is 5.83. The first kappa shape index (κ1) is 16.1. The number of hydrogen-bond donors (Lipinski definition) is 2. The van der Waals surface area contributed by atoms with E-state index < -0.39 is 6.10 Å². The third kappa shape index (κ3) is 4.13. The third-order valence-corrected chi connectivity index (χ3v) is 3.64. The van der Waals surface area contributed by atoms with Crippen LogP contribution in [0.15, 0.2) is 18.2 Å². The lowest BCUT2D eigenvalue weighted by Crippen LogP contribution is -2.41. The van der Waals surface area contributed by atoms with E-state index >= 15 is 0 Å². The zero-order valence-corrected chi connectivity index (χ0v) is 13.3. The van der Waals surface area contributed by atoms with Gasteiger partial charge in [-0.3, -0.25) is 4.79 Å². The first-order valence-electron chi connectivity index (χ1n) is 7.52. The first-order valence-corrected chi connectivity index (χ1v) is 7.52. The molecule has 120 valence electrons. The zero-order valence-electron chi connectivity index (χ0n) is 13.3. The van der Waals surface area contributed by atoms with Gasteiger partial charge in [0.25, 0.3) is 5.91 Å². The van der Waals surface area contributed by atoms with E-state index in [9.17, 15) is 9.59 Å². The Kier molecular flexibility index (Phi) is 5.25. The molecule has 1 aromatic carbocycles. The van der Waals surface area contributed by atoms with Crippen molar-refractivity contribution in [3.8, 4) is 5.75 Å². The van der Waals surface area contributed by atoms with Crippen LogP contribution in [-0.4, -0.2) is 49.1 Å². The Bertz CT molecular complexity index is 560. The summed E-state index contributed by atoms with van der Waals surface area (Å²) >= 11 is 0. The fourth-order valence-electron chi connectivity index (χ4n) is 2.26. The van der Waals surface area contributed by atoms with E-state index in [2.05, 4.69) is 10.6 Å². The molecule has 22 heavy (non-hydrogen) atoms. The maximum atomic E-state index is 12.0. The van der Waals surface area contributed by atoms with Gasteiger partial charge in [0.1, 0.15) is 5.75 Å². The summed E-state index contributed by atoms with van der Waals surface area (Å²) in [6.45, 7) is 7.94. The Morgan fingerprint density at radius 2 is 2.23 bits per heavy atom. The van der Waals surface area contributed by atoms with Crippen LogP contribution in [0.1, 0.15) is 18.1 Å². The highest BCUT2D eigenvalue weighted by atomic mass is 16.5. The van der Waals surface area contributed by atoms with E-state index in [4.69, 9.17) is 4.74 Å². The fraction of sp³-hybridized carbons (Fsp3) is 0.500. The van der Waals surface area contributed by atoms with Crippen LogP contribution in [0.3, 0.4) is 0 Å². The average Bonchev–Trinajstić information content (AvgIpc) is 2.88. The second-order valence-electron chi connectivity index (χ2n) is 5.54. The minimum absolute atomic E-state index is 0.0751. The minimum Gasteiger partial charge on any atom is -0.481 e. The van der Waals surface area contributed by atoms with Crippen LogP contribution in [0.5, 0.6) is 5.75 Å². The summed E-state index contributed by atoms with van der Waals surface area (Å²) in [4.78, 5) is 25.1. The summed E-state index contributed by atoms with van der Waals surface area (Å²) in [7, 11) is 0. The molecule has 1 aliphatic heterocycles. The van der Waals surface area contributed by atoms with E-state index in [1.807, 2.05) is 32.0 Å². The zero-order chi connectivity index (χ0) is 16.1. The maximum Gasteiger partial charge on any atom is 0.317 e. The highest BCUT2D eigenvalue weighted by Gasteiger charge is 2.20. The van der Waals surface area contributed by atoms with E-state index in [0.717, 1.165) is 16.9 Å². The molecular weight excluding hydrogens is 282 g/mol. The molecule has 0 spiro atoms. The van der Waals surface area contributed by atoms with Gasteiger partial charge in [0.05, 0.1) is 0 Å². The second-order valence-corrected chi connectivity index (χ2v) is 5.54. The molecule has 1 unspecified atom stereocenters. The van der Waals surface area contributed by atoms with Gasteiger partial charge in [-0.2, -0.15) is 0 Å². The molecule has 0 aromatic heterocycles. The molecule has 1 aromatic rings. The molecule has 0 radical (unpaired) electrons. The number of ether oxygens (including phenoxy) is 1. The molecule has 0 saturated carbocycles. The Balaban J connectivity index is 1.79. The van der Waals surface area contributed by atoms with Gasteiger partial charge in [-0.1, -0.05) is 12.1 Å². The van der Waals surface area contributed by atoms with Gasteiger partial charge in [0, 0.05) is 26.2 Å². The van der Waals surface area contributed by atoms with Crippen LogP contribution in [-0.2, 0) is 4.79 Å². The summed E-state index contributed by atoms with van der Waals surface area (Å²) in [5.74, 6) is 0.544. The monoisotopic (exact) mass is 305 g/mol. The van der Waals surface area contributed by atoms with Crippen LogP contribution in [0.2, 0.25) is 0 Å². The van der Waals surface area contributed by atoms with E-state index in [1.165, 1.54) is 0 Å². The number of nitrogens with zero attached hydrogens (tertiary/aromatic N) is 1.